The number of hydrogen-bond acceptors (Lipinski definition) is 1. The lowest BCUT2D eigenvalue weighted by Crippen LogP contribution is -1.83. The van der Waals surface area contributed by atoms with Gasteiger partial charge in [0, 0.05) is 5.57 Å². The number of alkyl halides is 1. The van der Waals surface area contributed by atoms with Crippen LogP contribution in [0.3, 0.4) is 0 Å². The van der Waals surface area contributed by atoms with Crippen molar-refractivity contribution in [1.82, 2.24) is 0 Å². The fourth-order valence-electron chi connectivity index (χ4n) is 0.772. The first-order valence-electron chi connectivity index (χ1n) is 2.58. The van der Waals surface area contributed by atoms with Crippen LogP contribution in [0, 0.1) is 11.3 Å². The minimum absolute atomic E-state index is 0.503. The van der Waals surface area contributed by atoms with Crippen molar-refractivity contribution in [1.29, 1.82) is 5.26 Å². The Labute approximate surface area is 47.4 Å². The maximum absolute atomic E-state index is 12.1. The highest BCUT2D eigenvalue weighted by Gasteiger charge is 2.12. The predicted molar refractivity (Wildman–Crippen MR) is 27.8 cm³/mol. The molecule has 0 aromatic rings. The van der Waals surface area contributed by atoms with Crippen LogP contribution in [0.2, 0.25) is 0 Å². The lowest BCUT2D eigenvalue weighted by Gasteiger charge is -1.84. The summed E-state index contributed by atoms with van der Waals surface area (Å²) >= 11 is 0. The van der Waals surface area contributed by atoms with E-state index >= 15 is 0 Å². The molecule has 0 N–H and O–H groups in total. The Morgan fingerprint density at radius 3 is 2.88 bits per heavy atom. The highest BCUT2D eigenvalue weighted by atomic mass is 19.1. The summed E-state index contributed by atoms with van der Waals surface area (Å²) in [6, 6.07) is 1.92. The van der Waals surface area contributed by atoms with Crippen molar-refractivity contribution in [3.63, 3.8) is 0 Å². The molecule has 0 fully saturated rings. The fraction of sp³-hybridized carbons (Fsp3) is 0.500. The maximum Gasteiger partial charge on any atom is 0.120 e. The molecule has 42 valence electrons. The summed E-state index contributed by atoms with van der Waals surface area (Å²) in [5.41, 5.74) is 0.595. The molecule has 1 atom stereocenters. The highest BCUT2D eigenvalue weighted by molar-refractivity contribution is 5.25. The van der Waals surface area contributed by atoms with Crippen molar-refractivity contribution in [3.05, 3.63) is 11.6 Å². The molecule has 1 nitrogen and oxygen atoms in total. The smallest absolute Gasteiger partial charge is 0.120 e. The molecule has 1 aliphatic carbocycles. The van der Waals surface area contributed by atoms with Gasteiger partial charge in [-0.2, -0.15) is 5.26 Å². The molecular formula is C6H6FN. The minimum atomic E-state index is -0.857. The van der Waals surface area contributed by atoms with Crippen LogP contribution in [-0.4, -0.2) is 6.17 Å². The van der Waals surface area contributed by atoms with Crippen molar-refractivity contribution in [2.24, 2.45) is 0 Å². The van der Waals surface area contributed by atoms with Gasteiger partial charge >= 0.3 is 0 Å². The molecule has 0 heterocycles. The predicted octanol–water partition coefficient (Wildman–Crippen LogP) is 1.57. The molecule has 0 radical (unpaired) electrons. The molecule has 0 aromatic carbocycles. The number of halogens is 1. The highest BCUT2D eigenvalue weighted by Crippen LogP contribution is 2.19. The van der Waals surface area contributed by atoms with E-state index in [1.54, 1.807) is 0 Å². The van der Waals surface area contributed by atoms with Gasteiger partial charge in [0.25, 0.3) is 0 Å². The van der Waals surface area contributed by atoms with Crippen molar-refractivity contribution in [2.75, 3.05) is 0 Å². The van der Waals surface area contributed by atoms with Gasteiger partial charge in [-0.3, -0.25) is 0 Å². The van der Waals surface area contributed by atoms with Crippen molar-refractivity contribution >= 4 is 0 Å². The van der Waals surface area contributed by atoms with E-state index < -0.39 is 6.17 Å². The molecule has 0 amide bonds. The van der Waals surface area contributed by atoms with Crippen molar-refractivity contribution in [2.45, 2.75) is 19.0 Å². The van der Waals surface area contributed by atoms with Gasteiger partial charge in [-0.1, -0.05) is 0 Å². The second kappa shape index (κ2) is 1.95. The third-order valence-electron chi connectivity index (χ3n) is 1.22. The van der Waals surface area contributed by atoms with Crippen LogP contribution in [0.1, 0.15) is 12.8 Å². The standard InChI is InChI=1S/C6H6FN/c7-6-2-1-5(3-6)4-8/h3,6H,1-2H2. The van der Waals surface area contributed by atoms with Crippen molar-refractivity contribution in [3.8, 4) is 6.07 Å². The molecule has 0 spiro atoms. The maximum atomic E-state index is 12.1. The summed E-state index contributed by atoms with van der Waals surface area (Å²) in [6.07, 6.45) is 1.66. The average Bonchev–Trinajstić information content (AvgIpc) is 2.14. The van der Waals surface area contributed by atoms with E-state index in [2.05, 4.69) is 0 Å². The molecular weight excluding hydrogens is 105 g/mol. The Bertz CT molecular complexity index is 154. The Kier molecular flexibility index (Phi) is 1.29. The summed E-state index contributed by atoms with van der Waals surface area (Å²) in [7, 11) is 0. The number of nitriles is 1. The minimum Gasteiger partial charge on any atom is -0.243 e. The van der Waals surface area contributed by atoms with Crippen molar-refractivity contribution < 1.29 is 4.39 Å². The van der Waals surface area contributed by atoms with Crippen LogP contribution < -0.4 is 0 Å². The molecule has 0 aromatic heterocycles. The molecule has 1 unspecified atom stereocenters. The first-order valence-corrected chi connectivity index (χ1v) is 2.58. The quantitative estimate of drug-likeness (QED) is 0.465. The zero-order valence-corrected chi connectivity index (χ0v) is 4.39. The van der Waals surface area contributed by atoms with Crippen LogP contribution in [0.5, 0.6) is 0 Å². The van der Waals surface area contributed by atoms with E-state index in [1.807, 2.05) is 6.07 Å². The zero-order valence-electron chi connectivity index (χ0n) is 4.39. The second-order valence-corrected chi connectivity index (χ2v) is 1.86. The van der Waals surface area contributed by atoms with Crippen LogP contribution in [0.15, 0.2) is 11.6 Å². The fourth-order valence-corrected chi connectivity index (χ4v) is 0.772. The molecule has 2 heteroatoms. The molecule has 0 bridgehead atoms. The number of allylic oxidation sites excluding steroid dienone is 2. The third kappa shape index (κ3) is 0.865. The van der Waals surface area contributed by atoms with E-state index in [4.69, 9.17) is 5.26 Å². The zero-order chi connectivity index (χ0) is 5.98. The summed E-state index contributed by atoms with van der Waals surface area (Å²) in [4.78, 5) is 0. The molecule has 8 heavy (non-hydrogen) atoms. The Morgan fingerprint density at radius 1 is 1.88 bits per heavy atom. The van der Waals surface area contributed by atoms with Crippen LogP contribution in [-0.2, 0) is 0 Å². The van der Waals surface area contributed by atoms with Gasteiger partial charge in [-0.05, 0) is 18.9 Å². The summed E-state index contributed by atoms with van der Waals surface area (Å²) < 4.78 is 12.1. The summed E-state index contributed by atoms with van der Waals surface area (Å²) in [5.74, 6) is 0. The van der Waals surface area contributed by atoms with Gasteiger partial charge < -0.3 is 0 Å². The summed E-state index contributed by atoms with van der Waals surface area (Å²) in [6.45, 7) is 0. The van der Waals surface area contributed by atoms with Gasteiger partial charge in [0.05, 0.1) is 6.07 Å². The lowest BCUT2D eigenvalue weighted by atomic mass is 10.3. The first-order chi connectivity index (χ1) is 3.83. The third-order valence-corrected chi connectivity index (χ3v) is 1.22. The first kappa shape index (κ1) is 5.30. The number of hydrogen-bond donors (Lipinski definition) is 0. The van der Waals surface area contributed by atoms with Crippen LogP contribution in [0.25, 0.3) is 0 Å². The SMILES string of the molecule is N#CC1=CC(F)CC1. The molecule has 0 aliphatic heterocycles. The Morgan fingerprint density at radius 2 is 2.62 bits per heavy atom. The number of nitrogens with zero attached hydrogens (tertiary/aromatic N) is 1. The van der Waals surface area contributed by atoms with Crippen LogP contribution in [0.4, 0.5) is 4.39 Å². The van der Waals surface area contributed by atoms with Gasteiger partial charge in [-0.15, -0.1) is 0 Å². The van der Waals surface area contributed by atoms with Crippen LogP contribution >= 0.6 is 0 Å². The van der Waals surface area contributed by atoms with Gasteiger partial charge in [0.2, 0.25) is 0 Å². The van der Waals surface area contributed by atoms with E-state index in [1.165, 1.54) is 6.08 Å². The summed E-state index contributed by atoms with van der Waals surface area (Å²) in [5, 5.41) is 8.20. The van der Waals surface area contributed by atoms with E-state index in [-0.39, 0.29) is 0 Å². The van der Waals surface area contributed by atoms with Gasteiger partial charge in [0.15, 0.2) is 0 Å². The largest absolute Gasteiger partial charge is 0.243 e. The molecule has 1 aliphatic rings. The average molecular weight is 111 g/mol. The van der Waals surface area contributed by atoms with E-state index in [0.717, 1.165) is 0 Å². The molecule has 0 saturated carbocycles. The Hall–Kier alpha value is -0.840. The Balaban J connectivity index is 2.61. The second-order valence-electron chi connectivity index (χ2n) is 1.86. The lowest BCUT2D eigenvalue weighted by molar-refractivity contribution is 0.395. The number of rotatable bonds is 0. The molecule has 1 rings (SSSR count). The van der Waals surface area contributed by atoms with E-state index in [9.17, 15) is 4.39 Å². The van der Waals surface area contributed by atoms with E-state index in [0.29, 0.717) is 18.4 Å². The van der Waals surface area contributed by atoms with Gasteiger partial charge in [0.1, 0.15) is 6.17 Å². The normalized spacial score (nSPS) is 27.0. The monoisotopic (exact) mass is 111 g/mol. The molecule has 0 saturated heterocycles. The topological polar surface area (TPSA) is 23.8 Å². The van der Waals surface area contributed by atoms with Gasteiger partial charge in [-0.25, -0.2) is 4.39 Å².